The summed E-state index contributed by atoms with van der Waals surface area (Å²) < 4.78 is 46.6. The van der Waals surface area contributed by atoms with E-state index in [0.717, 1.165) is 11.6 Å². The molecule has 0 bridgehead atoms. The maximum absolute atomic E-state index is 12.3. The number of aromatic nitrogens is 1. The fraction of sp³-hybridized carbons (Fsp3) is 0.312. The third kappa shape index (κ3) is 5.59. The molecule has 2 aromatic rings. The number of nitro groups is 1. The molecule has 2 rings (SSSR count). The average molecular weight is 371 g/mol. The molecule has 0 radical (unpaired) electrons. The minimum atomic E-state index is -4.57. The predicted octanol–water partition coefficient (Wildman–Crippen LogP) is 3.23. The van der Waals surface area contributed by atoms with Gasteiger partial charge in [0.25, 0.3) is 5.69 Å². The van der Waals surface area contributed by atoms with Crippen LogP contribution in [-0.4, -0.2) is 29.8 Å². The number of benzene rings is 1. The van der Waals surface area contributed by atoms with Crippen LogP contribution in [0.4, 0.5) is 18.9 Å². The minimum Gasteiger partial charge on any atom is -0.493 e. The Balaban J connectivity index is 2.17. The van der Waals surface area contributed by atoms with Crippen LogP contribution in [0.25, 0.3) is 0 Å². The highest BCUT2D eigenvalue weighted by atomic mass is 19.4. The molecular formula is C16H16F3N3O4. The number of alkyl halides is 3. The Morgan fingerprint density at radius 1 is 1.27 bits per heavy atom. The largest absolute Gasteiger partial charge is 0.493 e. The number of hydrogen-bond acceptors (Lipinski definition) is 6. The average Bonchev–Trinajstić information content (AvgIpc) is 2.60. The zero-order valence-electron chi connectivity index (χ0n) is 13.7. The quantitative estimate of drug-likeness (QED) is 0.566. The Morgan fingerprint density at radius 2 is 2.04 bits per heavy atom. The van der Waals surface area contributed by atoms with E-state index in [9.17, 15) is 23.3 Å². The van der Waals surface area contributed by atoms with Crippen molar-refractivity contribution in [2.45, 2.75) is 19.3 Å². The summed E-state index contributed by atoms with van der Waals surface area (Å²) in [5.74, 6) is -0.356. The van der Waals surface area contributed by atoms with E-state index in [-0.39, 0.29) is 29.3 Å². The molecule has 0 atom stereocenters. The van der Waals surface area contributed by atoms with Crippen LogP contribution in [0, 0.1) is 10.1 Å². The van der Waals surface area contributed by atoms with Gasteiger partial charge in [0.15, 0.2) is 18.1 Å². The van der Waals surface area contributed by atoms with E-state index in [0.29, 0.717) is 6.54 Å². The van der Waals surface area contributed by atoms with Crippen LogP contribution in [0.1, 0.15) is 11.1 Å². The molecular weight excluding hydrogens is 355 g/mol. The van der Waals surface area contributed by atoms with E-state index in [2.05, 4.69) is 15.0 Å². The lowest BCUT2D eigenvalue weighted by Crippen LogP contribution is -2.20. The topological polar surface area (TPSA) is 86.5 Å². The van der Waals surface area contributed by atoms with E-state index in [1.54, 1.807) is 18.5 Å². The van der Waals surface area contributed by atoms with Gasteiger partial charge in [0, 0.05) is 31.0 Å². The summed E-state index contributed by atoms with van der Waals surface area (Å²) in [5.41, 5.74) is 0.781. The number of nitro benzene ring substituents is 1. The van der Waals surface area contributed by atoms with Gasteiger partial charge in [0.1, 0.15) is 0 Å². The molecule has 0 amide bonds. The first-order chi connectivity index (χ1) is 12.3. The van der Waals surface area contributed by atoms with E-state index >= 15 is 0 Å². The first-order valence-electron chi connectivity index (χ1n) is 7.44. The molecule has 1 N–H and O–H groups in total. The van der Waals surface area contributed by atoms with Crippen LogP contribution in [0.2, 0.25) is 0 Å². The molecule has 0 aliphatic heterocycles. The summed E-state index contributed by atoms with van der Waals surface area (Å²) in [6.45, 7) is -1.04. The molecule has 0 unspecified atom stereocenters. The Labute approximate surface area is 146 Å². The van der Waals surface area contributed by atoms with Crippen LogP contribution >= 0.6 is 0 Å². The first-order valence-corrected chi connectivity index (χ1v) is 7.44. The van der Waals surface area contributed by atoms with E-state index in [1.807, 2.05) is 6.07 Å². The third-order valence-electron chi connectivity index (χ3n) is 3.32. The van der Waals surface area contributed by atoms with Gasteiger partial charge in [-0.05, 0) is 17.7 Å². The Bertz CT molecular complexity index is 754. The Kier molecular flexibility index (Phi) is 6.34. The highest BCUT2D eigenvalue weighted by Crippen LogP contribution is 2.35. The van der Waals surface area contributed by atoms with Crippen LogP contribution in [0.3, 0.4) is 0 Å². The third-order valence-corrected chi connectivity index (χ3v) is 3.32. The molecule has 0 fully saturated rings. The van der Waals surface area contributed by atoms with Crippen molar-refractivity contribution >= 4 is 5.69 Å². The predicted molar refractivity (Wildman–Crippen MR) is 86.0 cm³/mol. The standard InChI is InChI=1S/C16H16F3N3O4/c1-25-14-5-12(9-21-8-11-3-2-4-20-7-11)13(22(23)24)6-15(14)26-10-16(17,18)19/h2-7,21H,8-10H2,1H3. The van der Waals surface area contributed by atoms with Crippen molar-refractivity contribution in [1.82, 2.24) is 10.3 Å². The van der Waals surface area contributed by atoms with Gasteiger partial charge in [-0.3, -0.25) is 15.1 Å². The second kappa shape index (κ2) is 8.48. The second-order valence-corrected chi connectivity index (χ2v) is 5.26. The van der Waals surface area contributed by atoms with Crippen molar-refractivity contribution < 1.29 is 27.6 Å². The lowest BCUT2D eigenvalue weighted by molar-refractivity contribution is -0.385. The summed E-state index contributed by atoms with van der Waals surface area (Å²) in [7, 11) is 1.24. The number of rotatable bonds is 8. The van der Waals surface area contributed by atoms with Crippen molar-refractivity contribution in [2.24, 2.45) is 0 Å². The maximum Gasteiger partial charge on any atom is 0.422 e. The van der Waals surface area contributed by atoms with Crippen LogP contribution < -0.4 is 14.8 Å². The lowest BCUT2D eigenvalue weighted by Gasteiger charge is -2.14. The van der Waals surface area contributed by atoms with Crippen LogP contribution in [0.15, 0.2) is 36.7 Å². The Hall–Kier alpha value is -2.88. The fourth-order valence-electron chi connectivity index (χ4n) is 2.18. The molecule has 1 heterocycles. The fourth-order valence-corrected chi connectivity index (χ4v) is 2.18. The monoisotopic (exact) mass is 371 g/mol. The Morgan fingerprint density at radius 3 is 2.62 bits per heavy atom. The summed E-state index contributed by atoms with van der Waals surface area (Å²) in [6.07, 6.45) is -1.29. The van der Waals surface area contributed by atoms with Gasteiger partial charge in [-0.1, -0.05) is 6.07 Å². The van der Waals surface area contributed by atoms with Gasteiger partial charge < -0.3 is 14.8 Å². The van der Waals surface area contributed by atoms with E-state index in [1.165, 1.54) is 13.2 Å². The summed E-state index contributed by atoms with van der Waals surface area (Å²) in [6, 6.07) is 5.82. The van der Waals surface area contributed by atoms with Crippen LogP contribution in [-0.2, 0) is 13.1 Å². The maximum atomic E-state index is 12.3. The van der Waals surface area contributed by atoms with Crippen molar-refractivity contribution in [2.75, 3.05) is 13.7 Å². The summed E-state index contributed by atoms with van der Waals surface area (Å²) >= 11 is 0. The number of methoxy groups -OCH3 is 1. The molecule has 0 aliphatic carbocycles. The molecule has 10 heteroatoms. The highest BCUT2D eigenvalue weighted by Gasteiger charge is 2.30. The number of nitrogens with zero attached hydrogens (tertiary/aromatic N) is 2. The molecule has 0 spiro atoms. The molecule has 0 aliphatic rings. The van der Waals surface area contributed by atoms with Gasteiger partial charge >= 0.3 is 6.18 Å². The zero-order chi connectivity index (χ0) is 19.2. The van der Waals surface area contributed by atoms with Crippen molar-refractivity contribution in [3.05, 3.63) is 57.9 Å². The second-order valence-electron chi connectivity index (χ2n) is 5.26. The molecule has 140 valence electrons. The molecule has 26 heavy (non-hydrogen) atoms. The molecule has 1 aromatic carbocycles. The summed E-state index contributed by atoms with van der Waals surface area (Å²) in [5, 5.41) is 14.3. The van der Waals surface area contributed by atoms with Crippen molar-refractivity contribution in [1.29, 1.82) is 0 Å². The smallest absolute Gasteiger partial charge is 0.422 e. The van der Waals surface area contributed by atoms with E-state index in [4.69, 9.17) is 4.74 Å². The number of nitrogens with one attached hydrogen (secondary N) is 1. The molecule has 0 saturated carbocycles. The zero-order valence-corrected chi connectivity index (χ0v) is 13.7. The van der Waals surface area contributed by atoms with Gasteiger partial charge in [-0.2, -0.15) is 13.2 Å². The van der Waals surface area contributed by atoms with Gasteiger partial charge in [-0.15, -0.1) is 0 Å². The minimum absolute atomic E-state index is 0.0157. The van der Waals surface area contributed by atoms with Gasteiger partial charge in [0.05, 0.1) is 18.1 Å². The number of ether oxygens (including phenoxy) is 2. The first kappa shape index (κ1) is 19.4. The molecule has 7 nitrogen and oxygen atoms in total. The van der Waals surface area contributed by atoms with Gasteiger partial charge in [-0.25, -0.2) is 0 Å². The highest BCUT2D eigenvalue weighted by molar-refractivity contribution is 5.54. The van der Waals surface area contributed by atoms with E-state index < -0.39 is 17.7 Å². The summed E-state index contributed by atoms with van der Waals surface area (Å²) in [4.78, 5) is 14.5. The lowest BCUT2D eigenvalue weighted by atomic mass is 10.1. The molecule has 0 saturated heterocycles. The van der Waals surface area contributed by atoms with Crippen LogP contribution in [0.5, 0.6) is 11.5 Å². The number of pyridine rings is 1. The number of halogens is 3. The normalized spacial score (nSPS) is 11.2. The van der Waals surface area contributed by atoms with Gasteiger partial charge in [0.2, 0.25) is 0 Å². The molecule has 1 aromatic heterocycles. The SMILES string of the molecule is COc1cc(CNCc2cccnc2)c([N+](=O)[O-])cc1OCC(F)(F)F. The van der Waals surface area contributed by atoms with Crippen molar-refractivity contribution in [3.8, 4) is 11.5 Å². The number of hydrogen-bond donors (Lipinski definition) is 1. The van der Waals surface area contributed by atoms with Crippen molar-refractivity contribution in [3.63, 3.8) is 0 Å².